The fourth-order valence-electron chi connectivity index (χ4n) is 1.87. The molecule has 2 rings (SSSR count). The molecule has 126 valence electrons. The number of hydrogen-bond acceptors (Lipinski definition) is 5. The number of carbonyl (C=O) groups is 2. The van der Waals surface area contributed by atoms with Crippen molar-refractivity contribution in [1.29, 1.82) is 0 Å². The molecule has 6 heteroatoms. The van der Waals surface area contributed by atoms with Gasteiger partial charge in [0.2, 0.25) is 0 Å². The second-order valence-electron chi connectivity index (χ2n) is 4.82. The Morgan fingerprint density at radius 2 is 1.75 bits per heavy atom. The lowest BCUT2D eigenvalue weighted by Gasteiger charge is -2.08. The minimum absolute atomic E-state index is 0.311. The summed E-state index contributed by atoms with van der Waals surface area (Å²) in [6.45, 7) is 0.377. The first-order chi connectivity index (χ1) is 11.7. The number of carbonyl (C=O) groups excluding carboxylic acids is 2. The first-order valence-corrected chi connectivity index (χ1v) is 8.67. The molecule has 0 saturated heterocycles. The van der Waals surface area contributed by atoms with Crippen LogP contribution in [-0.4, -0.2) is 37.9 Å². The van der Waals surface area contributed by atoms with E-state index in [0.717, 1.165) is 10.6 Å². The second-order valence-corrected chi connectivity index (χ2v) is 5.70. The van der Waals surface area contributed by atoms with Gasteiger partial charge in [-0.05, 0) is 42.7 Å². The van der Waals surface area contributed by atoms with Gasteiger partial charge in [0.1, 0.15) is 12.4 Å². The van der Waals surface area contributed by atoms with Crippen molar-refractivity contribution >= 4 is 23.6 Å². The fourth-order valence-corrected chi connectivity index (χ4v) is 2.28. The van der Waals surface area contributed by atoms with Crippen molar-refractivity contribution in [2.45, 2.75) is 4.90 Å². The first kappa shape index (κ1) is 17.9. The SMILES string of the molecule is CSc1ccc(C(=O)OCC(=O)NCCOc2ccccc2)cc1. The van der Waals surface area contributed by atoms with Gasteiger partial charge in [0.05, 0.1) is 12.1 Å². The van der Waals surface area contributed by atoms with Crippen molar-refractivity contribution in [2.75, 3.05) is 26.0 Å². The second kappa shape index (κ2) is 9.62. The molecule has 2 aromatic carbocycles. The Morgan fingerprint density at radius 3 is 2.42 bits per heavy atom. The molecule has 0 atom stereocenters. The lowest BCUT2D eigenvalue weighted by molar-refractivity contribution is -0.124. The van der Waals surface area contributed by atoms with Crippen LogP contribution in [-0.2, 0) is 9.53 Å². The van der Waals surface area contributed by atoms with Gasteiger partial charge >= 0.3 is 5.97 Å². The molecule has 0 aliphatic heterocycles. The van der Waals surface area contributed by atoms with Crippen molar-refractivity contribution in [3.63, 3.8) is 0 Å². The van der Waals surface area contributed by atoms with Crippen molar-refractivity contribution in [3.05, 3.63) is 60.2 Å². The standard InChI is InChI=1S/C18H19NO4S/c1-24-16-9-7-14(8-10-16)18(21)23-13-17(20)19-11-12-22-15-5-3-2-4-6-15/h2-10H,11-13H2,1H3,(H,19,20). The molecule has 5 nitrogen and oxygen atoms in total. The Bertz CT molecular complexity index is 658. The highest BCUT2D eigenvalue weighted by molar-refractivity contribution is 7.98. The number of nitrogens with one attached hydrogen (secondary N) is 1. The lowest BCUT2D eigenvalue weighted by Crippen LogP contribution is -2.32. The third-order valence-electron chi connectivity index (χ3n) is 3.10. The van der Waals surface area contributed by atoms with E-state index >= 15 is 0 Å². The largest absolute Gasteiger partial charge is 0.492 e. The Labute approximate surface area is 145 Å². The Balaban J connectivity index is 1.64. The summed E-state index contributed by atoms with van der Waals surface area (Å²) in [4.78, 5) is 24.5. The third-order valence-corrected chi connectivity index (χ3v) is 3.84. The van der Waals surface area contributed by atoms with Crippen LogP contribution in [0, 0.1) is 0 Å². The van der Waals surface area contributed by atoms with Crippen LogP contribution in [0.3, 0.4) is 0 Å². The summed E-state index contributed by atoms with van der Waals surface area (Å²) >= 11 is 1.59. The summed E-state index contributed by atoms with van der Waals surface area (Å²) in [5.41, 5.74) is 0.424. The van der Waals surface area contributed by atoms with Crippen molar-refractivity contribution in [1.82, 2.24) is 5.32 Å². The number of amides is 1. The predicted octanol–water partition coefficient (Wildman–Crippen LogP) is 2.76. The van der Waals surface area contributed by atoms with Gasteiger partial charge in [0.15, 0.2) is 6.61 Å². The average Bonchev–Trinajstić information content (AvgIpc) is 2.64. The molecule has 0 unspecified atom stereocenters. The normalized spacial score (nSPS) is 10.0. The van der Waals surface area contributed by atoms with Gasteiger partial charge in [-0.2, -0.15) is 0 Å². The van der Waals surface area contributed by atoms with E-state index in [-0.39, 0.29) is 12.5 Å². The van der Waals surface area contributed by atoms with Crippen molar-refractivity contribution in [2.24, 2.45) is 0 Å². The molecule has 24 heavy (non-hydrogen) atoms. The van der Waals surface area contributed by atoms with Gasteiger partial charge < -0.3 is 14.8 Å². The van der Waals surface area contributed by atoms with E-state index in [0.29, 0.717) is 18.7 Å². The quantitative estimate of drug-likeness (QED) is 0.453. The molecule has 0 radical (unpaired) electrons. The molecule has 1 N–H and O–H groups in total. The van der Waals surface area contributed by atoms with E-state index in [4.69, 9.17) is 9.47 Å². The molecule has 1 amide bonds. The zero-order chi connectivity index (χ0) is 17.2. The van der Waals surface area contributed by atoms with Gasteiger partial charge in [0.25, 0.3) is 5.91 Å². The Hall–Kier alpha value is -2.47. The van der Waals surface area contributed by atoms with Gasteiger partial charge in [-0.15, -0.1) is 11.8 Å². The summed E-state index contributed by atoms with van der Waals surface area (Å²) in [6.07, 6.45) is 1.96. The minimum atomic E-state index is -0.515. The lowest BCUT2D eigenvalue weighted by atomic mass is 10.2. The molecule has 0 fully saturated rings. The van der Waals surface area contributed by atoms with E-state index in [1.807, 2.05) is 48.7 Å². The van der Waals surface area contributed by atoms with E-state index in [1.165, 1.54) is 0 Å². The zero-order valence-corrected chi connectivity index (χ0v) is 14.2. The highest BCUT2D eigenvalue weighted by atomic mass is 32.2. The van der Waals surface area contributed by atoms with Crippen LogP contribution >= 0.6 is 11.8 Å². The van der Waals surface area contributed by atoms with Gasteiger partial charge in [-0.1, -0.05) is 18.2 Å². The molecule has 2 aromatic rings. The summed E-state index contributed by atoms with van der Waals surface area (Å²) in [6, 6.07) is 16.4. The molecule has 0 bridgehead atoms. The molecule has 0 aromatic heterocycles. The molecule has 0 aliphatic carbocycles. The summed E-state index contributed by atoms with van der Waals surface area (Å²) in [5.74, 6) is -0.133. The van der Waals surface area contributed by atoms with Crippen LogP contribution in [0.4, 0.5) is 0 Å². The summed E-state index contributed by atoms with van der Waals surface area (Å²) in [7, 11) is 0. The average molecular weight is 345 g/mol. The number of esters is 1. The fraction of sp³-hybridized carbons (Fsp3) is 0.222. The maximum atomic E-state index is 11.8. The van der Waals surface area contributed by atoms with Gasteiger partial charge in [-0.25, -0.2) is 4.79 Å². The van der Waals surface area contributed by atoms with E-state index in [9.17, 15) is 9.59 Å². The highest BCUT2D eigenvalue weighted by Crippen LogP contribution is 2.15. The van der Waals surface area contributed by atoms with Crippen molar-refractivity contribution < 1.29 is 19.1 Å². The highest BCUT2D eigenvalue weighted by Gasteiger charge is 2.09. The van der Waals surface area contributed by atoms with Gasteiger partial charge in [-0.3, -0.25) is 4.79 Å². The molecule has 0 aliphatic rings. The van der Waals surface area contributed by atoms with Crippen LogP contribution in [0.2, 0.25) is 0 Å². The Kier molecular flexibility index (Phi) is 7.17. The number of ether oxygens (including phenoxy) is 2. The summed E-state index contributed by atoms with van der Waals surface area (Å²) < 4.78 is 10.4. The Morgan fingerprint density at radius 1 is 1.04 bits per heavy atom. The minimum Gasteiger partial charge on any atom is -0.492 e. The van der Waals surface area contributed by atoms with Crippen LogP contribution in [0.5, 0.6) is 5.75 Å². The number of hydrogen-bond donors (Lipinski definition) is 1. The maximum absolute atomic E-state index is 11.8. The number of thioether (sulfide) groups is 1. The van der Waals surface area contributed by atoms with Crippen LogP contribution in [0.1, 0.15) is 10.4 Å². The predicted molar refractivity (Wildman–Crippen MR) is 93.5 cm³/mol. The smallest absolute Gasteiger partial charge is 0.338 e. The number of rotatable bonds is 8. The molecule has 0 heterocycles. The van der Waals surface area contributed by atoms with Crippen LogP contribution in [0.15, 0.2) is 59.5 Å². The molecule has 0 spiro atoms. The molecular formula is C18H19NO4S. The monoisotopic (exact) mass is 345 g/mol. The third kappa shape index (κ3) is 5.96. The molecule has 0 saturated carbocycles. The topological polar surface area (TPSA) is 64.6 Å². The van der Waals surface area contributed by atoms with E-state index in [1.54, 1.807) is 23.9 Å². The van der Waals surface area contributed by atoms with E-state index in [2.05, 4.69) is 5.32 Å². The summed E-state index contributed by atoms with van der Waals surface area (Å²) in [5, 5.41) is 2.63. The first-order valence-electron chi connectivity index (χ1n) is 7.45. The van der Waals surface area contributed by atoms with Crippen LogP contribution in [0.25, 0.3) is 0 Å². The number of benzene rings is 2. The molecular weight excluding hydrogens is 326 g/mol. The van der Waals surface area contributed by atoms with E-state index < -0.39 is 5.97 Å². The van der Waals surface area contributed by atoms with Crippen molar-refractivity contribution in [3.8, 4) is 5.75 Å². The maximum Gasteiger partial charge on any atom is 0.338 e. The van der Waals surface area contributed by atoms with Crippen LogP contribution < -0.4 is 10.1 Å². The zero-order valence-electron chi connectivity index (χ0n) is 13.4. The van der Waals surface area contributed by atoms with Gasteiger partial charge in [0, 0.05) is 4.90 Å². The number of para-hydroxylation sites is 1.